The SMILES string of the molecule is C=C(C(C)=O)C(C)CCC.CC(=O)CC1CCCCC1.CCC.CCC(C)CC(C)C(C)=O. The van der Waals surface area contributed by atoms with E-state index in [2.05, 4.69) is 41.2 Å². The minimum atomic E-state index is 0.126. The van der Waals surface area contributed by atoms with Crippen LogP contribution in [0.1, 0.15) is 140 Å². The van der Waals surface area contributed by atoms with Crippen LogP contribution in [0, 0.1) is 23.7 Å². The standard InChI is InChI=1S/C9H16O.C9H18O.C9H16O.C3H8/c1-8(10)7-9-5-3-2-4-6-9;1-5-7(2)6-8(3)9(4)10;1-5-6-7(2)8(3)9(4)10;1-3-2/h9H,2-7H2,1H3;7-8H,5-6H2,1-4H3;7H,3,5-6H2,1-2,4H3;3H2,1-2H3. The second-order valence-corrected chi connectivity index (χ2v) is 10.1. The number of carbonyl (C=O) groups is 3. The number of hydrogen-bond acceptors (Lipinski definition) is 3. The van der Waals surface area contributed by atoms with Crippen molar-refractivity contribution in [2.45, 2.75) is 140 Å². The van der Waals surface area contributed by atoms with Gasteiger partial charge in [-0.3, -0.25) is 9.59 Å². The Morgan fingerprint density at radius 3 is 1.67 bits per heavy atom. The van der Waals surface area contributed by atoms with Crippen LogP contribution in [0.25, 0.3) is 0 Å². The molecule has 0 radical (unpaired) electrons. The molecule has 0 aromatic heterocycles. The molecule has 0 heterocycles. The molecule has 0 bridgehead atoms. The lowest BCUT2D eigenvalue weighted by atomic mass is 9.86. The van der Waals surface area contributed by atoms with E-state index < -0.39 is 0 Å². The normalized spacial score (nSPS) is 15.7. The van der Waals surface area contributed by atoms with Crippen LogP contribution in [-0.2, 0) is 14.4 Å². The third-order valence-electron chi connectivity index (χ3n) is 6.22. The van der Waals surface area contributed by atoms with Gasteiger partial charge in [-0.2, -0.15) is 0 Å². The highest BCUT2D eigenvalue weighted by molar-refractivity contribution is 5.92. The average molecular weight is 467 g/mol. The molecule has 3 nitrogen and oxygen atoms in total. The molecule has 1 fully saturated rings. The fourth-order valence-corrected chi connectivity index (χ4v) is 3.69. The molecule has 1 saturated carbocycles. The van der Waals surface area contributed by atoms with Crippen LogP contribution in [0.4, 0.5) is 0 Å². The topological polar surface area (TPSA) is 51.2 Å². The molecule has 1 aliphatic carbocycles. The van der Waals surface area contributed by atoms with Crippen molar-refractivity contribution >= 4 is 17.3 Å². The van der Waals surface area contributed by atoms with E-state index in [0.717, 1.165) is 37.2 Å². The maximum absolute atomic E-state index is 10.8. The molecule has 196 valence electrons. The zero-order valence-electron chi connectivity index (χ0n) is 24.0. The van der Waals surface area contributed by atoms with Gasteiger partial charge in [-0.1, -0.05) is 106 Å². The van der Waals surface area contributed by atoms with E-state index in [1.54, 1.807) is 20.8 Å². The van der Waals surface area contributed by atoms with Gasteiger partial charge in [0.25, 0.3) is 0 Å². The second kappa shape index (κ2) is 23.9. The molecule has 1 aliphatic rings. The Morgan fingerprint density at radius 1 is 0.848 bits per heavy atom. The molecule has 0 aromatic rings. The Bertz CT molecular complexity index is 515. The van der Waals surface area contributed by atoms with Gasteiger partial charge in [-0.15, -0.1) is 0 Å². The lowest BCUT2D eigenvalue weighted by molar-refractivity contribution is -0.121. The number of rotatable bonds is 10. The molecule has 3 atom stereocenters. The van der Waals surface area contributed by atoms with Gasteiger partial charge in [0, 0.05) is 12.3 Å². The average Bonchev–Trinajstić information content (AvgIpc) is 2.74. The lowest BCUT2D eigenvalue weighted by Gasteiger charge is -2.19. The molecule has 0 N–H and O–H groups in total. The number of allylic oxidation sites excluding steroid dienone is 1. The summed E-state index contributed by atoms with van der Waals surface area (Å²) in [5.74, 6) is 2.86. The van der Waals surface area contributed by atoms with Gasteiger partial charge >= 0.3 is 0 Å². The van der Waals surface area contributed by atoms with Gasteiger partial charge in [-0.25, -0.2) is 0 Å². The first-order valence-electron chi connectivity index (χ1n) is 13.6. The summed E-state index contributed by atoms with van der Waals surface area (Å²) in [5, 5.41) is 0. The maximum Gasteiger partial charge on any atom is 0.155 e. The monoisotopic (exact) mass is 466 g/mol. The van der Waals surface area contributed by atoms with Gasteiger partial charge in [-0.05, 0) is 56.9 Å². The molecule has 0 spiro atoms. The summed E-state index contributed by atoms with van der Waals surface area (Å²) in [6.07, 6.45) is 13.2. The minimum Gasteiger partial charge on any atom is -0.300 e. The number of ketones is 3. The van der Waals surface area contributed by atoms with E-state index >= 15 is 0 Å². The largest absolute Gasteiger partial charge is 0.300 e. The van der Waals surface area contributed by atoms with E-state index in [1.165, 1.54) is 44.9 Å². The zero-order valence-corrected chi connectivity index (χ0v) is 24.0. The van der Waals surface area contributed by atoms with Crippen molar-refractivity contribution in [2.75, 3.05) is 0 Å². The van der Waals surface area contributed by atoms with Crippen molar-refractivity contribution in [3.05, 3.63) is 12.2 Å². The third kappa shape index (κ3) is 25.2. The van der Waals surface area contributed by atoms with Gasteiger partial charge in [0.15, 0.2) is 5.78 Å². The highest BCUT2D eigenvalue weighted by atomic mass is 16.1. The quantitative estimate of drug-likeness (QED) is 0.301. The van der Waals surface area contributed by atoms with E-state index in [9.17, 15) is 14.4 Å². The van der Waals surface area contributed by atoms with Crippen LogP contribution in [0.2, 0.25) is 0 Å². The molecule has 0 amide bonds. The summed E-state index contributed by atoms with van der Waals surface area (Å²) in [6.45, 7) is 23.5. The highest BCUT2D eigenvalue weighted by Gasteiger charge is 2.14. The fourth-order valence-electron chi connectivity index (χ4n) is 3.69. The number of hydrogen-bond donors (Lipinski definition) is 0. The first-order valence-corrected chi connectivity index (χ1v) is 13.6. The molecule has 0 aliphatic heterocycles. The summed E-state index contributed by atoms with van der Waals surface area (Å²) in [5.41, 5.74) is 0.766. The second-order valence-electron chi connectivity index (χ2n) is 10.1. The third-order valence-corrected chi connectivity index (χ3v) is 6.22. The van der Waals surface area contributed by atoms with Crippen molar-refractivity contribution in [3.8, 4) is 0 Å². The summed E-state index contributed by atoms with van der Waals surface area (Å²) in [4.78, 5) is 32.3. The van der Waals surface area contributed by atoms with Crippen LogP contribution in [0.5, 0.6) is 0 Å². The lowest BCUT2D eigenvalue weighted by Crippen LogP contribution is -2.10. The van der Waals surface area contributed by atoms with Gasteiger partial charge < -0.3 is 4.79 Å². The number of Topliss-reactive ketones (excluding diaryl/α,β-unsaturated/α-hetero) is 3. The summed E-state index contributed by atoms with van der Waals surface area (Å²) >= 11 is 0. The molecular formula is C30H58O3. The van der Waals surface area contributed by atoms with E-state index in [-0.39, 0.29) is 11.7 Å². The molecular weight excluding hydrogens is 408 g/mol. The van der Waals surface area contributed by atoms with Crippen molar-refractivity contribution in [3.63, 3.8) is 0 Å². The molecule has 0 aromatic carbocycles. The molecule has 33 heavy (non-hydrogen) atoms. The van der Waals surface area contributed by atoms with E-state index in [0.29, 0.717) is 23.4 Å². The van der Waals surface area contributed by atoms with Crippen molar-refractivity contribution in [2.24, 2.45) is 23.7 Å². The van der Waals surface area contributed by atoms with E-state index in [4.69, 9.17) is 0 Å². The predicted molar refractivity (Wildman–Crippen MR) is 146 cm³/mol. The van der Waals surface area contributed by atoms with Crippen molar-refractivity contribution in [1.82, 2.24) is 0 Å². The highest BCUT2D eigenvalue weighted by Crippen LogP contribution is 2.26. The van der Waals surface area contributed by atoms with Crippen LogP contribution >= 0.6 is 0 Å². The molecule has 0 saturated heterocycles. The Hall–Kier alpha value is -1.25. The molecule has 3 unspecified atom stereocenters. The number of carbonyl (C=O) groups excluding carboxylic acids is 3. The van der Waals surface area contributed by atoms with Crippen molar-refractivity contribution < 1.29 is 14.4 Å². The zero-order chi connectivity index (χ0) is 26.4. The predicted octanol–water partition coefficient (Wildman–Crippen LogP) is 9.18. The van der Waals surface area contributed by atoms with Crippen LogP contribution < -0.4 is 0 Å². The smallest absolute Gasteiger partial charge is 0.155 e. The summed E-state index contributed by atoms with van der Waals surface area (Å²) in [6, 6.07) is 0. The first-order chi connectivity index (χ1) is 15.4. The van der Waals surface area contributed by atoms with Crippen LogP contribution in [-0.4, -0.2) is 17.3 Å². The summed E-state index contributed by atoms with van der Waals surface area (Å²) < 4.78 is 0. The van der Waals surface area contributed by atoms with Gasteiger partial charge in [0.05, 0.1) is 0 Å². The maximum atomic E-state index is 10.8. The van der Waals surface area contributed by atoms with Crippen LogP contribution in [0.3, 0.4) is 0 Å². The van der Waals surface area contributed by atoms with Crippen molar-refractivity contribution in [1.29, 1.82) is 0 Å². The van der Waals surface area contributed by atoms with E-state index in [1.807, 2.05) is 13.8 Å². The van der Waals surface area contributed by atoms with Gasteiger partial charge in [0.2, 0.25) is 0 Å². The Morgan fingerprint density at radius 2 is 1.33 bits per heavy atom. The minimum absolute atomic E-state index is 0.126. The Kier molecular flexibility index (Phi) is 26.3. The van der Waals surface area contributed by atoms with Gasteiger partial charge in [0.1, 0.15) is 11.6 Å². The fraction of sp³-hybridized carbons (Fsp3) is 0.833. The van der Waals surface area contributed by atoms with Crippen LogP contribution in [0.15, 0.2) is 12.2 Å². The Labute approximate surface area is 207 Å². The summed E-state index contributed by atoms with van der Waals surface area (Å²) in [7, 11) is 0. The molecule has 1 rings (SSSR count). The molecule has 3 heteroatoms. The Balaban J connectivity index is -0.000000385. The first kappa shape index (κ1) is 36.3.